The number of carbonyl (C=O) groups is 1. The van der Waals surface area contributed by atoms with Crippen molar-refractivity contribution in [3.05, 3.63) is 5.56 Å². The quantitative estimate of drug-likeness (QED) is 0.775. The highest BCUT2D eigenvalue weighted by atomic mass is 32.1. The third-order valence-electron chi connectivity index (χ3n) is 3.60. The molecule has 6 heteroatoms. The van der Waals surface area contributed by atoms with Gasteiger partial charge in [-0.3, -0.25) is 4.79 Å². The molecule has 5 nitrogen and oxygen atoms in total. The number of nitrogens with two attached hydrogens (primary N) is 1. The molecule has 1 aliphatic carbocycles. The van der Waals surface area contributed by atoms with Crippen LogP contribution in [0, 0.1) is 5.41 Å². The molecule has 1 aromatic heterocycles. The molecule has 1 heterocycles. The molecule has 0 atom stereocenters. The number of hydrogen-bond acceptors (Lipinski definition) is 5. The summed E-state index contributed by atoms with van der Waals surface area (Å²) in [5, 5.41) is 6.99. The maximum absolute atomic E-state index is 12.1. The van der Waals surface area contributed by atoms with Crippen LogP contribution >= 0.6 is 11.5 Å². The van der Waals surface area contributed by atoms with Crippen molar-refractivity contribution in [3.63, 3.8) is 0 Å². The molecule has 106 valence electrons. The van der Waals surface area contributed by atoms with Crippen LogP contribution in [0.3, 0.4) is 0 Å². The van der Waals surface area contributed by atoms with E-state index in [9.17, 15) is 4.79 Å². The summed E-state index contributed by atoms with van der Waals surface area (Å²) in [7, 11) is 0. The molecule has 0 bridgehead atoms. The Morgan fingerprint density at radius 3 is 2.74 bits per heavy atom. The van der Waals surface area contributed by atoms with Gasteiger partial charge < -0.3 is 16.4 Å². The first-order chi connectivity index (χ1) is 8.91. The Morgan fingerprint density at radius 1 is 1.53 bits per heavy atom. The fourth-order valence-corrected chi connectivity index (χ4v) is 2.93. The Hall–Kier alpha value is -1.30. The zero-order valence-electron chi connectivity index (χ0n) is 11.7. The van der Waals surface area contributed by atoms with E-state index >= 15 is 0 Å². The third-order valence-corrected chi connectivity index (χ3v) is 4.42. The number of nitrogens with zero attached hydrogens (tertiary/aromatic N) is 1. The van der Waals surface area contributed by atoms with Gasteiger partial charge in [0.25, 0.3) is 5.91 Å². The number of rotatable bonds is 5. The van der Waals surface area contributed by atoms with E-state index in [-0.39, 0.29) is 11.9 Å². The Labute approximate surface area is 118 Å². The van der Waals surface area contributed by atoms with Crippen molar-refractivity contribution in [2.24, 2.45) is 5.41 Å². The minimum Gasteiger partial charge on any atom is -0.382 e. The minimum absolute atomic E-state index is 0.0869. The lowest BCUT2D eigenvalue weighted by atomic mass is 9.70. The molecule has 4 N–H and O–H groups in total. The van der Waals surface area contributed by atoms with E-state index < -0.39 is 0 Å². The lowest BCUT2D eigenvalue weighted by Crippen LogP contribution is -2.34. The Balaban J connectivity index is 2.06. The van der Waals surface area contributed by atoms with Gasteiger partial charge in [0.2, 0.25) is 0 Å². The van der Waals surface area contributed by atoms with Crippen molar-refractivity contribution >= 4 is 28.3 Å². The van der Waals surface area contributed by atoms with Crippen LogP contribution in [0.25, 0.3) is 0 Å². The molecule has 1 saturated carbocycles. The molecule has 2 rings (SSSR count). The van der Waals surface area contributed by atoms with E-state index in [1.165, 1.54) is 30.8 Å². The van der Waals surface area contributed by atoms with Crippen molar-refractivity contribution in [1.29, 1.82) is 0 Å². The molecular weight excluding hydrogens is 260 g/mol. The Morgan fingerprint density at radius 2 is 2.21 bits per heavy atom. The number of nitrogens with one attached hydrogen (secondary N) is 2. The summed E-state index contributed by atoms with van der Waals surface area (Å²) in [6, 6.07) is 0.0869. The fourth-order valence-electron chi connectivity index (χ4n) is 2.23. The van der Waals surface area contributed by atoms with Crippen LogP contribution in [-0.2, 0) is 0 Å². The lowest BCUT2D eigenvalue weighted by molar-refractivity contribution is 0.0945. The van der Waals surface area contributed by atoms with Crippen LogP contribution in [0.15, 0.2) is 0 Å². The van der Waals surface area contributed by atoms with Crippen molar-refractivity contribution in [1.82, 2.24) is 9.69 Å². The smallest absolute Gasteiger partial charge is 0.258 e. The maximum atomic E-state index is 12.1. The molecular formula is C13H22N4OS. The number of anilines is 2. The largest absolute Gasteiger partial charge is 0.382 e. The standard InChI is InChI=1S/C13H22N4OS/c1-8(2)16-11(18)9-10(14)17-19-12(9)15-7-13(3)5-4-6-13/h8,15H,4-7H2,1-3H3,(H2,14,17)(H,16,18). The SMILES string of the molecule is CC(C)NC(=O)c1c(N)nsc1NCC1(C)CCC1. The van der Waals surface area contributed by atoms with Crippen molar-refractivity contribution in [2.45, 2.75) is 46.1 Å². The first kappa shape index (κ1) is 14.1. The molecule has 1 amide bonds. The summed E-state index contributed by atoms with van der Waals surface area (Å²) >= 11 is 1.26. The van der Waals surface area contributed by atoms with E-state index in [4.69, 9.17) is 5.73 Å². The van der Waals surface area contributed by atoms with E-state index in [1.54, 1.807) is 0 Å². The lowest BCUT2D eigenvalue weighted by Gasteiger charge is -2.38. The van der Waals surface area contributed by atoms with Crippen molar-refractivity contribution in [2.75, 3.05) is 17.6 Å². The maximum Gasteiger partial charge on any atom is 0.258 e. The predicted octanol–water partition coefficient (Wildman–Crippen LogP) is 2.47. The zero-order chi connectivity index (χ0) is 14.0. The summed E-state index contributed by atoms with van der Waals surface area (Å²) in [4.78, 5) is 12.1. The molecule has 0 unspecified atom stereocenters. The van der Waals surface area contributed by atoms with Gasteiger partial charge in [-0.25, -0.2) is 0 Å². The van der Waals surface area contributed by atoms with Gasteiger partial charge in [-0.15, -0.1) is 0 Å². The minimum atomic E-state index is -0.150. The molecule has 0 aromatic carbocycles. The van der Waals surface area contributed by atoms with Crippen LogP contribution in [0.1, 0.15) is 50.4 Å². The second-order valence-electron chi connectivity index (χ2n) is 5.92. The van der Waals surface area contributed by atoms with E-state index in [0.29, 0.717) is 16.8 Å². The van der Waals surface area contributed by atoms with Crippen LogP contribution in [-0.4, -0.2) is 22.9 Å². The highest BCUT2D eigenvalue weighted by Gasteiger charge is 2.32. The first-order valence-corrected chi connectivity index (χ1v) is 7.48. The number of nitrogen functional groups attached to an aromatic ring is 1. The van der Waals surface area contributed by atoms with Crippen LogP contribution < -0.4 is 16.4 Å². The molecule has 0 saturated heterocycles. The Kier molecular flexibility index (Phi) is 3.99. The summed E-state index contributed by atoms with van der Waals surface area (Å²) in [5.41, 5.74) is 6.64. The predicted molar refractivity (Wildman–Crippen MR) is 79.6 cm³/mol. The van der Waals surface area contributed by atoms with Gasteiger partial charge in [0, 0.05) is 12.6 Å². The molecule has 0 radical (unpaired) electrons. The monoisotopic (exact) mass is 282 g/mol. The van der Waals surface area contributed by atoms with Gasteiger partial charge in [0.1, 0.15) is 10.6 Å². The van der Waals surface area contributed by atoms with Crippen LogP contribution in [0.5, 0.6) is 0 Å². The first-order valence-electron chi connectivity index (χ1n) is 6.71. The van der Waals surface area contributed by atoms with Gasteiger partial charge in [0.05, 0.1) is 0 Å². The van der Waals surface area contributed by atoms with E-state index in [0.717, 1.165) is 11.5 Å². The molecule has 1 aromatic rings. The van der Waals surface area contributed by atoms with Crippen molar-refractivity contribution in [3.8, 4) is 0 Å². The second-order valence-corrected chi connectivity index (χ2v) is 6.69. The third kappa shape index (κ3) is 3.18. The number of hydrogen-bond donors (Lipinski definition) is 3. The van der Waals surface area contributed by atoms with Gasteiger partial charge in [-0.05, 0) is 43.6 Å². The summed E-state index contributed by atoms with van der Waals surface area (Å²) in [6.07, 6.45) is 3.77. The average molecular weight is 282 g/mol. The van der Waals surface area contributed by atoms with Crippen molar-refractivity contribution < 1.29 is 4.79 Å². The molecule has 1 aliphatic rings. The normalized spacial score (nSPS) is 17.1. The molecule has 1 fully saturated rings. The molecule has 19 heavy (non-hydrogen) atoms. The van der Waals surface area contributed by atoms with Gasteiger partial charge in [-0.2, -0.15) is 4.37 Å². The highest BCUT2D eigenvalue weighted by Crippen LogP contribution is 2.40. The second kappa shape index (κ2) is 5.36. The Bertz CT molecular complexity index is 465. The van der Waals surface area contributed by atoms with Gasteiger partial charge in [-0.1, -0.05) is 13.3 Å². The number of amides is 1. The van der Waals surface area contributed by atoms with Crippen LogP contribution in [0.4, 0.5) is 10.8 Å². The molecule has 0 spiro atoms. The van der Waals surface area contributed by atoms with E-state index in [2.05, 4.69) is 21.9 Å². The van der Waals surface area contributed by atoms with Gasteiger partial charge >= 0.3 is 0 Å². The zero-order valence-corrected chi connectivity index (χ0v) is 12.6. The number of carbonyl (C=O) groups excluding carboxylic acids is 1. The van der Waals surface area contributed by atoms with E-state index in [1.807, 2.05) is 13.8 Å². The van der Waals surface area contributed by atoms with Gasteiger partial charge in [0.15, 0.2) is 5.82 Å². The molecule has 0 aliphatic heterocycles. The highest BCUT2D eigenvalue weighted by molar-refractivity contribution is 7.11. The van der Waals surface area contributed by atoms with Crippen LogP contribution in [0.2, 0.25) is 0 Å². The fraction of sp³-hybridized carbons (Fsp3) is 0.692. The average Bonchev–Trinajstić information content (AvgIpc) is 2.64. The summed E-state index contributed by atoms with van der Waals surface area (Å²) in [5.74, 6) is 0.159. The topological polar surface area (TPSA) is 80.0 Å². The summed E-state index contributed by atoms with van der Waals surface area (Å²) < 4.78 is 4.09. The number of aromatic nitrogens is 1. The summed E-state index contributed by atoms with van der Waals surface area (Å²) in [6.45, 7) is 6.99.